The normalized spacial score (nSPS) is 10.9. The molecule has 0 bridgehead atoms. The first kappa shape index (κ1) is 18.0. The van der Waals surface area contributed by atoms with E-state index in [1.165, 1.54) is 0 Å². The molecule has 0 saturated heterocycles. The fourth-order valence-electron chi connectivity index (χ4n) is 2.11. The highest BCUT2D eigenvalue weighted by molar-refractivity contribution is 6.54. The van der Waals surface area contributed by atoms with Gasteiger partial charge < -0.3 is 9.84 Å². The number of halogens is 4. The van der Waals surface area contributed by atoms with Crippen LogP contribution in [0.2, 0.25) is 10.3 Å². The number of nitrogens with one attached hydrogen (secondary N) is 1. The molecule has 0 aliphatic carbocycles. The number of carbonyl (C=O) groups is 1. The van der Waals surface area contributed by atoms with Crippen LogP contribution in [0.4, 0.5) is 5.69 Å². The fourth-order valence-corrected chi connectivity index (χ4v) is 2.68. The van der Waals surface area contributed by atoms with Crippen molar-refractivity contribution in [1.29, 1.82) is 0 Å². The molecule has 9 heteroatoms. The lowest BCUT2D eigenvalue weighted by Crippen LogP contribution is -2.18. The summed E-state index contributed by atoms with van der Waals surface area (Å²) in [5.74, 6) is -0.0109. The Kier molecular flexibility index (Phi) is 5.49. The summed E-state index contributed by atoms with van der Waals surface area (Å²) >= 11 is 22.9. The van der Waals surface area contributed by atoms with Crippen molar-refractivity contribution in [3.05, 3.63) is 52.8 Å². The molecule has 0 aliphatic heterocycles. The number of amides is 1. The molecular weight excluding hydrogens is 408 g/mol. The molecule has 0 aliphatic rings. The topological polar surface area (TPSA) is 68.0 Å². The maximum atomic E-state index is 11.6. The van der Waals surface area contributed by atoms with Crippen molar-refractivity contribution in [1.82, 2.24) is 10.1 Å². The van der Waals surface area contributed by atoms with E-state index in [2.05, 4.69) is 15.5 Å². The molecular formula is C16H9Cl4N3O2. The predicted molar refractivity (Wildman–Crippen MR) is 99.3 cm³/mol. The van der Waals surface area contributed by atoms with Gasteiger partial charge in [0.25, 0.3) is 5.91 Å². The Morgan fingerprint density at radius 2 is 1.76 bits per heavy atom. The van der Waals surface area contributed by atoms with Crippen molar-refractivity contribution in [3.8, 4) is 22.6 Å². The third-order valence-corrected chi connectivity index (χ3v) is 3.97. The summed E-state index contributed by atoms with van der Waals surface area (Å²) in [4.78, 5) is 14.3. The lowest BCUT2D eigenvalue weighted by atomic mass is 10.1. The van der Waals surface area contributed by atoms with Crippen LogP contribution >= 0.6 is 46.4 Å². The molecule has 128 valence electrons. The second-order valence-corrected chi connectivity index (χ2v) is 6.82. The van der Waals surface area contributed by atoms with Gasteiger partial charge in [-0.2, -0.15) is 0 Å². The molecule has 5 nitrogen and oxygen atoms in total. The van der Waals surface area contributed by atoms with Crippen molar-refractivity contribution < 1.29 is 9.32 Å². The van der Waals surface area contributed by atoms with Crippen LogP contribution in [-0.4, -0.2) is 20.9 Å². The second kappa shape index (κ2) is 7.62. The fraction of sp³-hybridized carbons (Fsp3) is 0.0625. The van der Waals surface area contributed by atoms with Crippen LogP contribution in [-0.2, 0) is 4.79 Å². The number of carbonyl (C=O) groups excluding carboxylic acids is 1. The van der Waals surface area contributed by atoms with Gasteiger partial charge in [0.15, 0.2) is 10.6 Å². The minimum atomic E-state index is -1.15. The molecule has 1 N–H and O–H groups in total. The number of rotatable bonds is 4. The first-order chi connectivity index (χ1) is 11.9. The van der Waals surface area contributed by atoms with Gasteiger partial charge in [-0.05, 0) is 24.3 Å². The van der Waals surface area contributed by atoms with Gasteiger partial charge in [-0.3, -0.25) is 4.79 Å². The Hall–Kier alpha value is -1.79. The maximum Gasteiger partial charge on any atom is 0.257 e. The quantitative estimate of drug-likeness (QED) is 0.453. The molecule has 2 aromatic heterocycles. The minimum Gasteiger partial charge on any atom is -0.356 e. The molecule has 1 aromatic carbocycles. The summed E-state index contributed by atoms with van der Waals surface area (Å²) in [5, 5.41) is 7.13. The van der Waals surface area contributed by atoms with Gasteiger partial charge in [0.2, 0.25) is 0 Å². The molecule has 2 heterocycles. The van der Waals surface area contributed by atoms with E-state index in [9.17, 15) is 4.79 Å². The van der Waals surface area contributed by atoms with Crippen LogP contribution < -0.4 is 5.32 Å². The Morgan fingerprint density at radius 3 is 2.44 bits per heavy atom. The van der Waals surface area contributed by atoms with E-state index in [0.717, 1.165) is 0 Å². The van der Waals surface area contributed by atoms with E-state index in [4.69, 9.17) is 50.9 Å². The number of nitrogens with zero attached hydrogens (tertiary/aromatic N) is 2. The van der Waals surface area contributed by atoms with E-state index in [1.807, 2.05) is 6.07 Å². The Labute approximate surface area is 162 Å². The lowest BCUT2D eigenvalue weighted by Gasteiger charge is -2.06. The first-order valence-electron chi connectivity index (χ1n) is 6.92. The number of hydrogen-bond donors (Lipinski definition) is 1. The zero-order valence-corrected chi connectivity index (χ0v) is 15.4. The van der Waals surface area contributed by atoms with Crippen molar-refractivity contribution in [2.24, 2.45) is 0 Å². The van der Waals surface area contributed by atoms with Crippen molar-refractivity contribution in [3.63, 3.8) is 0 Å². The van der Waals surface area contributed by atoms with Crippen molar-refractivity contribution in [2.45, 2.75) is 4.84 Å². The van der Waals surface area contributed by atoms with Crippen LogP contribution in [0.5, 0.6) is 0 Å². The molecule has 0 atom stereocenters. The monoisotopic (exact) mass is 415 g/mol. The highest BCUT2D eigenvalue weighted by Crippen LogP contribution is 2.29. The minimum absolute atomic E-state index is 0.258. The van der Waals surface area contributed by atoms with Crippen LogP contribution in [0.1, 0.15) is 0 Å². The number of hydrogen-bond acceptors (Lipinski definition) is 4. The van der Waals surface area contributed by atoms with Crippen LogP contribution in [0.3, 0.4) is 0 Å². The zero-order chi connectivity index (χ0) is 18.0. The molecule has 3 aromatic rings. The average molecular weight is 417 g/mol. The first-order valence-corrected chi connectivity index (χ1v) is 8.55. The third kappa shape index (κ3) is 4.44. The maximum absolute atomic E-state index is 11.6. The van der Waals surface area contributed by atoms with Crippen molar-refractivity contribution >= 4 is 58.0 Å². The second-order valence-electron chi connectivity index (χ2n) is 4.95. The van der Waals surface area contributed by atoms with E-state index in [0.29, 0.717) is 28.3 Å². The molecule has 0 unspecified atom stereocenters. The standard InChI is InChI=1S/C16H9Cl4N3O2/c17-13-5-9(6-14(18)22-13)11-7-12(25-23-11)8-2-1-3-10(4-8)21-16(24)15(19)20/h1-7,15H,(H,21,24). The van der Waals surface area contributed by atoms with E-state index < -0.39 is 10.7 Å². The lowest BCUT2D eigenvalue weighted by molar-refractivity contribution is -0.114. The van der Waals surface area contributed by atoms with Gasteiger partial charge >= 0.3 is 0 Å². The summed E-state index contributed by atoms with van der Waals surface area (Å²) in [6, 6.07) is 12.0. The molecule has 1 amide bonds. The van der Waals surface area contributed by atoms with Gasteiger partial charge in [0.05, 0.1) is 0 Å². The SMILES string of the molecule is O=C(Nc1cccc(-c2cc(-c3cc(Cl)nc(Cl)c3)no2)c1)C(Cl)Cl. The smallest absolute Gasteiger partial charge is 0.257 e. The number of alkyl halides is 2. The van der Waals surface area contributed by atoms with Gasteiger partial charge in [0.1, 0.15) is 16.0 Å². The molecule has 0 fully saturated rings. The number of aromatic nitrogens is 2. The Morgan fingerprint density at radius 1 is 1.04 bits per heavy atom. The number of pyridine rings is 1. The third-order valence-electron chi connectivity index (χ3n) is 3.18. The van der Waals surface area contributed by atoms with Crippen LogP contribution in [0.15, 0.2) is 47.0 Å². The van der Waals surface area contributed by atoms with E-state index in [-0.39, 0.29) is 10.3 Å². The number of anilines is 1. The van der Waals surface area contributed by atoms with Crippen LogP contribution in [0.25, 0.3) is 22.6 Å². The van der Waals surface area contributed by atoms with E-state index in [1.54, 1.807) is 36.4 Å². The van der Waals surface area contributed by atoms with Crippen LogP contribution in [0, 0.1) is 0 Å². The summed E-state index contributed by atoms with van der Waals surface area (Å²) in [6.45, 7) is 0. The summed E-state index contributed by atoms with van der Waals surface area (Å²) in [5.41, 5.74) is 2.47. The zero-order valence-electron chi connectivity index (χ0n) is 12.3. The number of benzene rings is 1. The van der Waals surface area contributed by atoms with Gasteiger partial charge in [-0.25, -0.2) is 4.98 Å². The van der Waals surface area contributed by atoms with Gasteiger partial charge in [-0.15, -0.1) is 0 Å². The average Bonchev–Trinajstić information content (AvgIpc) is 3.04. The molecule has 0 spiro atoms. The summed E-state index contributed by atoms with van der Waals surface area (Å²) < 4.78 is 5.37. The summed E-state index contributed by atoms with van der Waals surface area (Å²) in [6.07, 6.45) is 0. The van der Waals surface area contributed by atoms with Gasteiger partial charge in [-0.1, -0.05) is 63.7 Å². The summed E-state index contributed by atoms with van der Waals surface area (Å²) in [7, 11) is 0. The largest absolute Gasteiger partial charge is 0.356 e. The van der Waals surface area contributed by atoms with E-state index >= 15 is 0 Å². The van der Waals surface area contributed by atoms with Crippen molar-refractivity contribution in [2.75, 3.05) is 5.32 Å². The Bertz CT molecular complexity index is 907. The van der Waals surface area contributed by atoms with Gasteiger partial charge in [0, 0.05) is 22.9 Å². The predicted octanol–water partition coefficient (Wildman–Crippen LogP) is 5.45. The highest BCUT2D eigenvalue weighted by Gasteiger charge is 2.14. The molecule has 0 radical (unpaired) electrons. The molecule has 3 rings (SSSR count). The Balaban J connectivity index is 1.88. The molecule has 25 heavy (non-hydrogen) atoms. The highest BCUT2D eigenvalue weighted by atomic mass is 35.5. The molecule has 0 saturated carbocycles.